The van der Waals surface area contributed by atoms with Crippen molar-refractivity contribution in [2.24, 2.45) is 0 Å². The average Bonchev–Trinajstić information content (AvgIpc) is 2.22. The molecule has 0 spiro atoms. The van der Waals surface area contributed by atoms with E-state index in [0.717, 1.165) is 5.56 Å². The van der Waals surface area contributed by atoms with E-state index < -0.39 is 0 Å². The first-order valence-corrected chi connectivity index (χ1v) is 4.83. The molecule has 4 nitrogen and oxygen atoms in total. The van der Waals surface area contributed by atoms with Crippen LogP contribution >= 0.6 is 11.6 Å². The van der Waals surface area contributed by atoms with Gasteiger partial charge in [-0.3, -0.25) is 4.79 Å². The van der Waals surface area contributed by atoms with Crippen molar-refractivity contribution in [3.8, 4) is 6.07 Å². The fourth-order valence-electron chi connectivity index (χ4n) is 1.07. The third-order valence-corrected chi connectivity index (χ3v) is 2.15. The summed E-state index contributed by atoms with van der Waals surface area (Å²) in [6.07, 6.45) is 0.371. The Kier molecular flexibility index (Phi) is 3.64. The lowest BCUT2D eigenvalue weighted by Gasteiger charge is -2.08. The number of amides is 1. The minimum Gasteiger partial charge on any atom is -0.323 e. The van der Waals surface area contributed by atoms with Gasteiger partial charge in [-0.15, -0.1) is 0 Å². The topological polar surface area (TPSA) is 65.8 Å². The first-order chi connectivity index (χ1) is 7.08. The molecule has 0 radical (unpaired) electrons. The average molecular weight is 224 g/mol. The van der Waals surface area contributed by atoms with E-state index in [-0.39, 0.29) is 16.8 Å². The summed E-state index contributed by atoms with van der Waals surface area (Å²) < 4.78 is 0. The molecule has 0 unspecified atom stereocenters. The third kappa shape index (κ3) is 2.67. The fourth-order valence-corrected chi connectivity index (χ4v) is 1.36. The van der Waals surface area contributed by atoms with Crippen LogP contribution in [-0.4, -0.2) is 10.9 Å². The van der Waals surface area contributed by atoms with Crippen LogP contribution in [0.15, 0.2) is 6.07 Å². The fraction of sp³-hybridized carbons (Fsp3) is 0.300. The molecule has 1 heterocycles. The number of anilines is 1. The normalized spacial score (nSPS) is 9.47. The summed E-state index contributed by atoms with van der Waals surface area (Å²) in [5, 5.41) is 11.4. The number of pyridine rings is 1. The Balaban J connectivity index is 3.10. The maximum absolute atomic E-state index is 11.2. The number of nitrogens with one attached hydrogen (secondary N) is 1. The monoisotopic (exact) mass is 223 g/mol. The lowest BCUT2D eigenvalue weighted by Crippen LogP contribution is -2.11. The van der Waals surface area contributed by atoms with Crippen molar-refractivity contribution in [2.45, 2.75) is 20.3 Å². The van der Waals surface area contributed by atoms with Gasteiger partial charge in [0.15, 0.2) is 5.15 Å². The Morgan fingerprint density at radius 1 is 1.73 bits per heavy atom. The number of nitriles is 1. The van der Waals surface area contributed by atoms with Crippen molar-refractivity contribution < 1.29 is 4.79 Å². The Labute approximate surface area is 92.9 Å². The summed E-state index contributed by atoms with van der Waals surface area (Å²) in [6.45, 7) is 3.51. The summed E-state index contributed by atoms with van der Waals surface area (Å²) in [5.41, 5.74) is 1.45. The Hall–Kier alpha value is -1.60. The summed E-state index contributed by atoms with van der Waals surface area (Å²) >= 11 is 5.84. The van der Waals surface area contributed by atoms with E-state index in [2.05, 4.69) is 10.3 Å². The molecule has 15 heavy (non-hydrogen) atoms. The molecule has 0 aromatic carbocycles. The number of halogens is 1. The van der Waals surface area contributed by atoms with E-state index in [0.29, 0.717) is 12.1 Å². The molecule has 0 saturated carbocycles. The van der Waals surface area contributed by atoms with E-state index in [1.54, 1.807) is 19.9 Å². The molecule has 1 N–H and O–H groups in total. The Morgan fingerprint density at radius 3 is 2.87 bits per heavy atom. The molecule has 0 aliphatic heterocycles. The maximum Gasteiger partial charge on any atom is 0.224 e. The largest absolute Gasteiger partial charge is 0.323 e. The molecule has 78 valence electrons. The van der Waals surface area contributed by atoms with E-state index >= 15 is 0 Å². The standard InChI is InChI=1S/C10H10ClN3O/c1-3-8(15)14-9-6(2)4-7(5-12)13-10(9)11/h4H,3H2,1-2H3,(H,14,15). The van der Waals surface area contributed by atoms with E-state index in [4.69, 9.17) is 16.9 Å². The van der Waals surface area contributed by atoms with Crippen LogP contribution in [0.2, 0.25) is 5.15 Å². The zero-order chi connectivity index (χ0) is 11.4. The molecule has 1 aromatic heterocycles. The van der Waals surface area contributed by atoms with Gasteiger partial charge in [-0.05, 0) is 18.6 Å². The van der Waals surface area contributed by atoms with Gasteiger partial charge in [0.05, 0.1) is 5.69 Å². The van der Waals surface area contributed by atoms with Crippen LogP contribution in [0.4, 0.5) is 5.69 Å². The molecule has 1 rings (SSSR count). The Bertz CT molecular complexity index is 414. The van der Waals surface area contributed by atoms with Crippen molar-refractivity contribution in [3.63, 3.8) is 0 Å². The zero-order valence-corrected chi connectivity index (χ0v) is 9.22. The highest BCUT2D eigenvalue weighted by molar-refractivity contribution is 6.32. The molecule has 0 fully saturated rings. The number of carbonyl (C=O) groups is 1. The molecule has 1 amide bonds. The second kappa shape index (κ2) is 4.76. The van der Waals surface area contributed by atoms with Crippen molar-refractivity contribution >= 4 is 23.2 Å². The van der Waals surface area contributed by atoms with Gasteiger partial charge in [-0.2, -0.15) is 5.26 Å². The molecule has 0 bridgehead atoms. The predicted molar refractivity (Wildman–Crippen MR) is 57.6 cm³/mol. The summed E-state index contributed by atoms with van der Waals surface area (Å²) in [5.74, 6) is -0.133. The minimum absolute atomic E-state index is 0.133. The number of hydrogen-bond acceptors (Lipinski definition) is 3. The third-order valence-electron chi connectivity index (χ3n) is 1.87. The van der Waals surface area contributed by atoms with Crippen molar-refractivity contribution in [3.05, 3.63) is 22.5 Å². The number of rotatable bonds is 2. The SMILES string of the molecule is CCC(=O)Nc1c(C)cc(C#N)nc1Cl. The van der Waals surface area contributed by atoms with Crippen LogP contribution in [0.1, 0.15) is 24.6 Å². The first-order valence-electron chi connectivity index (χ1n) is 4.45. The highest BCUT2D eigenvalue weighted by atomic mass is 35.5. The smallest absolute Gasteiger partial charge is 0.224 e. The van der Waals surface area contributed by atoms with Crippen LogP contribution in [0.25, 0.3) is 0 Å². The number of carbonyl (C=O) groups excluding carboxylic acids is 1. The van der Waals surface area contributed by atoms with Crippen molar-refractivity contribution in [1.82, 2.24) is 4.98 Å². The van der Waals surface area contributed by atoms with Gasteiger partial charge in [0.2, 0.25) is 5.91 Å². The highest BCUT2D eigenvalue weighted by Crippen LogP contribution is 2.24. The summed E-state index contributed by atoms with van der Waals surface area (Å²) in [4.78, 5) is 15.0. The van der Waals surface area contributed by atoms with Crippen LogP contribution in [0.3, 0.4) is 0 Å². The van der Waals surface area contributed by atoms with Crippen LogP contribution in [0.5, 0.6) is 0 Å². The maximum atomic E-state index is 11.2. The molecular weight excluding hydrogens is 214 g/mol. The molecular formula is C10H10ClN3O. The number of nitrogens with zero attached hydrogens (tertiary/aromatic N) is 2. The van der Waals surface area contributed by atoms with E-state index in [1.165, 1.54) is 0 Å². The van der Waals surface area contributed by atoms with Gasteiger partial charge in [0.1, 0.15) is 11.8 Å². The van der Waals surface area contributed by atoms with Gasteiger partial charge in [-0.25, -0.2) is 4.98 Å². The predicted octanol–water partition coefficient (Wildman–Crippen LogP) is 2.26. The van der Waals surface area contributed by atoms with Gasteiger partial charge in [0, 0.05) is 6.42 Å². The lowest BCUT2D eigenvalue weighted by molar-refractivity contribution is -0.115. The van der Waals surface area contributed by atoms with Gasteiger partial charge < -0.3 is 5.32 Å². The second-order valence-corrected chi connectivity index (χ2v) is 3.36. The van der Waals surface area contributed by atoms with E-state index in [1.807, 2.05) is 6.07 Å². The van der Waals surface area contributed by atoms with Gasteiger partial charge in [0.25, 0.3) is 0 Å². The number of hydrogen-bond donors (Lipinski definition) is 1. The van der Waals surface area contributed by atoms with Crippen molar-refractivity contribution in [1.29, 1.82) is 5.26 Å². The molecule has 0 saturated heterocycles. The quantitative estimate of drug-likeness (QED) is 0.783. The van der Waals surface area contributed by atoms with Crippen LogP contribution < -0.4 is 5.32 Å². The molecule has 0 aliphatic carbocycles. The summed E-state index contributed by atoms with van der Waals surface area (Å²) in [7, 11) is 0. The van der Waals surface area contributed by atoms with Crippen LogP contribution in [0, 0.1) is 18.3 Å². The Morgan fingerprint density at radius 2 is 2.40 bits per heavy atom. The van der Waals surface area contributed by atoms with E-state index in [9.17, 15) is 4.79 Å². The highest BCUT2D eigenvalue weighted by Gasteiger charge is 2.10. The minimum atomic E-state index is -0.133. The summed E-state index contributed by atoms with van der Waals surface area (Å²) in [6, 6.07) is 3.48. The van der Waals surface area contributed by atoms with Crippen LogP contribution in [-0.2, 0) is 4.79 Å². The zero-order valence-electron chi connectivity index (χ0n) is 8.47. The first kappa shape index (κ1) is 11.5. The lowest BCUT2D eigenvalue weighted by atomic mass is 10.2. The molecule has 5 heteroatoms. The van der Waals surface area contributed by atoms with Gasteiger partial charge >= 0.3 is 0 Å². The second-order valence-electron chi connectivity index (χ2n) is 3.00. The number of aromatic nitrogens is 1. The number of aryl methyl sites for hydroxylation is 1. The van der Waals surface area contributed by atoms with Gasteiger partial charge in [-0.1, -0.05) is 18.5 Å². The molecule has 1 aromatic rings. The molecule has 0 aliphatic rings. The molecule has 0 atom stereocenters. The van der Waals surface area contributed by atoms with Crippen molar-refractivity contribution in [2.75, 3.05) is 5.32 Å².